The average Bonchev–Trinajstić information content (AvgIpc) is 2.65. The van der Waals surface area contributed by atoms with Crippen molar-refractivity contribution in [3.05, 3.63) is 12.2 Å². The van der Waals surface area contributed by atoms with Gasteiger partial charge in [-0.05, 0) is 12.8 Å². The molecule has 2 atom stereocenters. The molecule has 0 aromatic carbocycles. The quantitative estimate of drug-likeness (QED) is 0.721. The van der Waals surface area contributed by atoms with E-state index in [0.717, 1.165) is 12.2 Å². The molecule has 0 saturated carbocycles. The van der Waals surface area contributed by atoms with Gasteiger partial charge in [0.25, 0.3) is 0 Å². The van der Waals surface area contributed by atoms with Crippen LogP contribution >= 0.6 is 0 Å². The summed E-state index contributed by atoms with van der Waals surface area (Å²) in [6, 6.07) is 0. The first kappa shape index (κ1) is 13.7. The summed E-state index contributed by atoms with van der Waals surface area (Å²) in [5.41, 5.74) is 0. The van der Waals surface area contributed by atoms with Crippen molar-refractivity contribution in [3.8, 4) is 0 Å². The second-order valence-corrected chi connectivity index (χ2v) is 4.31. The Hall–Kier alpha value is -1.36. The maximum atomic E-state index is 11.6. The molecule has 5 nitrogen and oxygen atoms in total. The van der Waals surface area contributed by atoms with Crippen LogP contribution in [0.25, 0.3) is 0 Å². The minimum Gasteiger partial charge on any atom is -0.478 e. The maximum Gasteiger partial charge on any atom is 0.328 e. The zero-order chi connectivity index (χ0) is 12.8. The molecule has 5 heteroatoms. The standard InChI is InChI=1S/C12H19NO4/c1-3-17-8-10-7-13(6-9(10)2)11(14)4-5-12(15)16/h4-5,9-10H,3,6-8H2,1-2H3,(H,15,16)/b5-4+/t9-,10-/m0/s1. The molecule has 0 aliphatic carbocycles. The smallest absolute Gasteiger partial charge is 0.328 e. The van der Waals surface area contributed by atoms with E-state index in [1.807, 2.05) is 6.92 Å². The van der Waals surface area contributed by atoms with Gasteiger partial charge in [-0.3, -0.25) is 4.79 Å². The highest BCUT2D eigenvalue weighted by atomic mass is 16.5. The van der Waals surface area contributed by atoms with Gasteiger partial charge in [0.15, 0.2) is 0 Å². The Bertz CT molecular complexity index is 314. The zero-order valence-electron chi connectivity index (χ0n) is 10.3. The molecule has 1 amide bonds. The van der Waals surface area contributed by atoms with Gasteiger partial charge in [0.2, 0.25) is 5.91 Å². The highest BCUT2D eigenvalue weighted by Gasteiger charge is 2.31. The summed E-state index contributed by atoms with van der Waals surface area (Å²) in [4.78, 5) is 23.6. The highest BCUT2D eigenvalue weighted by Crippen LogP contribution is 2.23. The second kappa shape index (κ2) is 6.39. The van der Waals surface area contributed by atoms with Crippen LogP contribution in [-0.2, 0) is 14.3 Å². The zero-order valence-corrected chi connectivity index (χ0v) is 10.3. The van der Waals surface area contributed by atoms with E-state index in [1.165, 1.54) is 0 Å². The molecule has 1 rings (SSSR count). The van der Waals surface area contributed by atoms with E-state index in [1.54, 1.807) is 4.90 Å². The lowest BCUT2D eigenvalue weighted by molar-refractivity contribution is -0.132. The molecule has 1 heterocycles. The summed E-state index contributed by atoms with van der Waals surface area (Å²) in [6.07, 6.45) is 1.99. The number of amides is 1. The minimum absolute atomic E-state index is 0.238. The Balaban J connectivity index is 2.47. The number of ether oxygens (including phenoxy) is 1. The number of aliphatic carboxylic acids is 1. The van der Waals surface area contributed by atoms with Crippen LogP contribution in [0.15, 0.2) is 12.2 Å². The number of hydrogen-bond acceptors (Lipinski definition) is 3. The Morgan fingerprint density at radius 1 is 1.41 bits per heavy atom. The predicted molar refractivity (Wildman–Crippen MR) is 62.5 cm³/mol. The van der Waals surface area contributed by atoms with E-state index in [0.29, 0.717) is 38.1 Å². The maximum absolute atomic E-state index is 11.6. The molecule has 17 heavy (non-hydrogen) atoms. The fraction of sp³-hybridized carbons (Fsp3) is 0.667. The number of likely N-dealkylation sites (tertiary alicyclic amines) is 1. The Morgan fingerprint density at radius 2 is 2.12 bits per heavy atom. The number of nitrogens with zero attached hydrogens (tertiary/aromatic N) is 1. The first-order valence-corrected chi connectivity index (χ1v) is 5.82. The third kappa shape index (κ3) is 4.19. The van der Waals surface area contributed by atoms with Gasteiger partial charge in [-0.1, -0.05) is 6.92 Å². The lowest BCUT2D eigenvalue weighted by atomic mass is 9.99. The van der Waals surface area contributed by atoms with Gasteiger partial charge in [0.1, 0.15) is 0 Å². The van der Waals surface area contributed by atoms with Crippen LogP contribution in [0.5, 0.6) is 0 Å². The van der Waals surface area contributed by atoms with Crippen LogP contribution in [0.1, 0.15) is 13.8 Å². The van der Waals surface area contributed by atoms with Crippen molar-refractivity contribution in [1.29, 1.82) is 0 Å². The van der Waals surface area contributed by atoms with Crippen molar-refractivity contribution >= 4 is 11.9 Å². The topological polar surface area (TPSA) is 66.8 Å². The monoisotopic (exact) mass is 241 g/mol. The van der Waals surface area contributed by atoms with Crippen molar-refractivity contribution in [1.82, 2.24) is 4.90 Å². The van der Waals surface area contributed by atoms with E-state index in [4.69, 9.17) is 9.84 Å². The number of carbonyl (C=O) groups is 2. The van der Waals surface area contributed by atoms with Crippen LogP contribution in [-0.4, -0.2) is 48.2 Å². The Kier molecular flexibility index (Phi) is 5.15. The lowest BCUT2D eigenvalue weighted by Gasteiger charge is -2.14. The molecule has 1 aliphatic heterocycles. The van der Waals surface area contributed by atoms with E-state index >= 15 is 0 Å². The van der Waals surface area contributed by atoms with Gasteiger partial charge in [-0.15, -0.1) is 0 Å². The molecule has 1 saturated heterocycles. The normalized spacial score (nSPS) is 24.5. The van der Waals surface area contributed by atoms with Gasteiger partial charge in [-0.2, -0.15) is 0 Å². The molecule has 1 aliphatic rings. The van der Waals surface area contributed by atoms with Crippen molar-refractivity contribution < 1.29 is 19.4 Å². The SMILES string of the molecule is CCOC[C@@H]1CN(C(=O)/C=C/C(=O)O)C[C@@H]1C. The molecule has 0 unspecified atom stereocenters. The first-order chi connectivity index (χ1) is 8.04. The fourth-order valence-corrected chi connectivity index (χ4v) is 1.95. The first-order valence-electron chi connectivity index (χ1n) is 5.82. The number of hydrogen-bond donors (Lipinski definition) is 1. The van der Waals surface area contributed by atoms with E-state index in [-0.39, 0.29) is 5.91 Å². The van der Waals surface area contributed by atoms with E-state index < -0.39 is 5.97 Å². The molecule has 0 bridgehead atoms. The van der Waals surface area contributed by atoms with Gasteiger partial charge in [-0.25, -0.2) is 4.79 Å². The lowest BCUT2D eigenvalue weighted by Crippen LogP contribution is -2.27. The molecule has 0 aromatic rings. The van der Waals surface area contributed by atoms with E-state index in [9.17, 15) is 9.59 Å². The van der Waals surface area contributed by atoms with Crippen molar-refractivity contribution in [3.63, 3.8) is 0 Å². The van der Waals surface area contributed by atoms with Crippen LogP contribution in [0.2, 0.25) is 0 Å². The average molecular weight is 241 g/mol. The molecular formula is C12H19NO4. The van der Waals surface area contributed by atoms with Gasteiger partial charge < -0.3 is 14.7 Å². The number of carboxylic acids is 1. The van der Waals surface area contributed by atoms with Crippen LogP contribution in [0.3, 0.4) is 0 Å². The van der Waals surface area contributed by atoms with Crippen molar-refractivity contribution in [2.45, 2.75) is 13.8 Å². The second-order valence-electron chi connectivity index (χ2n) is 4.31. The van der Waals surface area contributed by atoms with Crippen LogP contribution in [0.4, 0.5) is 0 Å². The van der Waals surface area contributed by atoms with Crippen molar-refractivity contribution in [2.75, 3.05) is 26.3 Å². The molecule has 0 spiro atoms. The fourth-order valence-electron chi connectivity index (χ4n) is 1.95. The number of carboxylic acid groups (broad SMARTS) is 1. The summed E-state index contributed by atoms with van der Waals surface area (Å²) in [6.45, 7) is 6.67. The summed E-state index contributed by atoms with van der Waals surface area (Å²) in [5, 5.41) is 8.45. The highest BCUT2D eigenvalue weighted by molar-refractivity contribution is 5.94. The molecule has 96 valence electrons. The molecule has 0 radical (unpaired) electrons. The van der Waals surface area contributed by atoms with Gasteiger partial charge in [0.05, 0.1) is 6.61 Å². The summed E-state index contributed by atoms with van der Waals surface area (Å²) in [5.74, 6) is -0.601. The predicted octanol–water partition coefficient (Wildman–Crippen LogP) is 0.758. The molecular weight excluding hydrogens is 222 g/mol. The third-order valence-electron chi connectivity index (χ3n) is 2.98. The molecule has 1 N–H and O–H groups in total. The number of carbonyl (C=O) groups excluding carboxylic acids is 1. The third-order valence-corrected chi connectivity index (χ3v) is 2.98. The minimum atomic E-state index is -1.10. The van der Waals surface area contributed by atoms with Crippen LogP contribution < -0.4 is 0 Å². The van der Waals surface area contributed by atoms with Crippen LogP contribution in [0, 0.1) is 11.8 Å². The van der Waals surface area contributed by atoms with Crippen molar-refractivity contribution in [2.24, 2.45) is 11.8 Å². The molecule has 0 aromatic heterocycles. The largest absolute Gasteiger partial charge is 0.478 e. The summed E-state index contributed by atoms with van der Waals surface area (Å²) >= 11 is 0. The number of rotatable bonds is 5. The molecule has 1 fully saturated rings. The Morgan fingerprint density at radius 3 is 2.71 bits per heavy atom. The van der Waals surface area contributed by atoms with E-state index in [2.05, 4.69) is 6.92 Å². The Labute approximate surface area is 101 Å². The van der Waals surface area contributed by atoms with Gasteiger partial charge in [0, 0.05) is 37.8 Å². The summed E-state index contributed by atoms with van der Waals surface area (Å²) in [7, 11) is 0. The summed E-state index contributed by atoms with van der Waals surface area (Å²) < 4.78 is 5.36. The van der Waals surface area contributed by atoms with Gasteiger partial charge >= 0.3 is 5.97 Å².